The maximum atomic E-state index is 12.6. The van der Waals surface area contributed by atoms with Gasteiger partial charge in [0.15, 0.2) is 0 Å². The molecule has 2 rings (SSSR count). The number of H-pyrrole nitrogens is 1. The molecule has 0 saturated heterocycles. The van der Waals surface area contributed by atoms with E-state index in [4.69, 9.17) is 11.6 Å². The fourth-order valence-electron chi connectivity index (χ4n) is 1.43. The number of halogens is 4. The van der Waals surface area contributed by atoms with E-state index < -0.39 is 11.7 Å². The van der Waals surface area contributed by atoms with Crippen LogP contribution in [0, 0.1) is 6.92 Å². The largest absolute Gasteiger partial charge is 0.417 e. The first-order valence-corrected chi connectivity index (χ1v) is 5.39. The summed E-state index contributed by atoms with van der Waals surface area (Å²) in [5, 5.41) is 2.41. The maximum Gasteiger partial charge on any atom is 0.417 e. The van der Waals surface area contributed by atoms with Gasteiger partial charge < -0.3 is 10.3 Å². The molecule has 1 heterocycles. The van der Waals surface area contributed by atoms with Crippen LogP contribution in [-0.4, -0.2) is 9.97 Å². The van der Waals surface area contributed by atoms with Gasteiger partial charge in [-0.3, -0.25) is 0 Å². The molecule has 0 spiro atoms. The number of aromatic amines is 1. The number of imidazole rings is 1. The van der Waals surface area contributed by atoms with E-state index >= 15 is 0 Å². The number of hydrogen-bond acceptors (Lipinski definition) is 2. The third-order valence-electron chi connectivity index (χ3n) is 2.24. The number of alkyl halides is 3. The van der Waals surface area contributed by atoms with Crippen molar-refractivity contribution >= 4 is 23.2 Å². The van der Waals surface area contributed by atoms with Gasteiger partial charge in [-0.2, -0.15) is 13.2 Å². The van der Waals surface area contributed by atoms with Gasteiger partial charge in [0.2, 0.25) is 5.95 Å². The Kier molecular flexibility index (Phi) is 3.21. The average molecular weight is 276 g/mol. The zero-order chi connectivity index (χ0) is 13.3. The summed E-state index contributed by atoms with van der Waals surface area (Å²) in [6.45, 7) is 1.79. The van der Waals surface area contributed by atoms with Crippen molar-refractivity contribution in [1.29, 1.82) is 0 Å². The highest BCUT2D eigenvalue weighted by molar-refractivity contribution is 6.31. The van der Waals surface area contributed by atoms with E-state index in [0.29, 0.717) is 5.95 Å². The van der Waals surface area contributed by atoms with Gasteiger partial charge in [-0.1, -0.05) is 11.6 Å². The van der Waals surface area contributed by atoms with Crippen molar-refractivity contribution in [3.63, 3.8) is 0 Å². The number of nitrogens with one attached hydrogen (secondary N) is 2. The molecular weight excluding hydrogens is 267 g/mol. The number of benzene rings is 1. The standard InChI is InChI=1S/C11H9ClF3N3/c1-6-5-16-10(17-6)18-7-2-3-9(12)8(4-7)11(13,14)15/h2-5H,1H3,(H2,16,17,18). The maximum absolute atomic E-state index is 12.6. The predicted molar refractivity (Wildman–Crippen MR) is 63.1 cm³/mol. The molecule has 1 aromatic heterocycles. The summed E-state index contributed by atoms with van der Waals surface area (Å²) in [5.74, 6) is 0.378. The molecule has 7 heteroatoms. The zero-order valence-electron chi connectivity index (χ0n) is 9.27. The molecule has 0 aliphatic heterocycles. The molecule has 0 aliphatic rings. The van der Waals surface area contributed by atoms with Crippen molar-refractivity contribution in [2.45, 2.75) is 13.1 Å². The van der Waals surface area contributed by atoms with Crippen LogP contribution >= 0.6 is 11.6 Å². The monoisotopic (exact) mass is 275 g/mol. The van der Waals surface area contributed by atoms with Gasteiger partial charge in [-0.25, -0.2) is 4.98 Å². The van der Waals surface area contributed by atoms with E-state index in [0.717, 1.165) is 11.8 Å². The highest BCUT2D eigenvalue weighted by Crippen LogP contribution is 2.36. The van der Waals surface area contributed by atoms with E-state index in [1.54, 1.807) is 13.1 Å². The van der Waals surface area contributed by atoms with Crippen molar-refractivity contribution in [2.24, 2.45) is 0 Å². The topological polar surface area (TPSA) is 40.7 Å². The average Bonchev–Trinajstić information content (AvgIpc) is 2.65. The Morgan fingerprint density at radius 1 is 1.33 bits per heavy atom. The summed E-state index contributed by atoms with van der Waals surface area (Å²) < 4.78 is 37.9. The van der Waals surface area contributed by atoms with Gasteiger partial charge in [0.1, 0.15) is 0 Å². The number of rotatable bonds is 2. The summed E-state index contributed by atoms with van der Waals surface area (Å²) in [4.78, 5) is 6.81. The van der Waals surface area contributed by atoms with Crippen molar-refractivity contribution in [3.05, 3.63) is 40.7 Å². The molecule has 0 atom stereocenters. The second kappa shape index (κ2) is 4.53. The second-order valence-electron chi connectivity index (χ2n) is 3.73. The summed E-state index contributed by atoms with van der Waals surface area (Å²) in [7, 11) is 0. The van der Waals surface area contributed by atoms with E-state index in [1.807, 2.05) is 0 Å². The Morgan fingerprint density at radius 2 is 2.06 bits per heavy atom. The van der Waals surface area contributed by atoms with E-state index in [-0.39, 0.29) is 10.7 Å². The van der Waals surface area contributed by atoms with E-state index in [1.165, 1.54) is 12.1 Å². The van der Waals surface area contributed by atoms with Crippen LogP contribution in [0.2, 0.25) is 5.02 Å². The normalized spacial score (nSPS) is 11.6. The van der Waals surface area contributed by atoms with Crippen molar-refractivity contribution < 1.29 is 13.2 Å². The molecular formula is C11H9ClF3N3. The molecule has 18 heavy (non-hydrogen) atoms. The Hall–Kier alpha value is -1.69. The van der Waals surface area contributed by atoms with E-state index in [2.05, 4.69) is 15.3 Å². The van der Waals surface area contributed by atoms with Crippen LogP contribution in [0.15, 0.2) is 24.4 Å². The lowest BCUT2D eigenvalue weighted by atomic mass is 10.2. The van der Waals surface area contributed by atoms with Gasteiger partial charge in [0.05, 0.1) is 10.6 Å². The number of anilines is 2. The van der Waals surface area contributed by atoms with Crippen LogP contribution in [0.25, 0.3) is 0 Å². The molecule has 0 fully saturated rings. The van der Waals surface area contributed by atoms with Crippen molar-refractivity contribution in [1.82, 2.24) is 9.97 Å². The first-order valence-electron chi connectivity index (χ1n) is 5.01. The number of aromatic nitrogens is 2. The van der Waals surface area contributed by atoms with Crippen molar-refractivity contribution in [3.8, 4) is 0 Å². The SMILES string of the molecule is Cc1cnc(Nc2ccc(Cl)c(C(F)(F)F)c2)[nH]1. The smallest absolute Gasteiger partial charge is 0.328 e. The molecule has 2 aromatic rings. The first-order chi connectivity index (χ1) is 8.36. The van der Waals surface area contributed by atoms with E-state index in [9.17, 15) is 13.2 Å². The molecule has 1 aromatic carbocycles. The van der Waals surface area contributed by atoms with Gasteiger partial charge >= 0.3 is 6.18 Å². The van der Waals surface area contributed by atoms with Crippen LogP contribution in [0.5, 0.6) is 0 Å². The molecule has 3 nitrogen and oxygen atoms in total. The fraction of sp³-hybridized carbons (Fsp3) is 0.182. The lowest BCUT2D eigenvalue weighted by Gasteiger charge is -2.11. The Labute approximate surface area is 106 Å². The van der Waals surface area contributed by atoms with Crippen LogP contribution in [-0.2, 0) is 6.18 Å². The highest BCUT2D eigenvalue weighted by Gasteiger charge is 2.33. The Balaban J connectivity index is 2.30. The van der Waals surface area contributed by atoms with Gasteiger partial charge in [0, 0.05) is 17.6 Å². The summed E-state index contributed by atoms with van der Waals surface area (Å²) in [6, 6.07) is 3.60. The highest BCUT2D eigenvalue weighted by atomic mass is 35.5. The number of aryl methyl sites for hydroxylation is 1. The van der Waals surface area contributed by atoms with Gasteiger partial charge in [-0.15, -0.1) is 0 Å². The summed E-state index contributed by atoms with van der Waals surface area (Å²) >= 11 is 5.52. The third kappa shape index (κ3) is 2.76. The first kappa shape index (κ1) is 12.8. The number of nitrogens with zero attached hydrogens (tertiary/aromatic N) is 1. The van der Waals surface area contributed by atoms with Gasteiger partial charge in [0.25, 0.3) is 0 Å². The minimum Gasteiger partial charge on any atom is -0.328 e. The molecule has 0 amide bonds. The molecule has 96 valence electrons. The van der Waals surface area contributed by atoms with Gasteiger partial charge in [-0.05, 0) is 25.1 Å². The third-order valence-corrected chi connectivity index (χ3v) is 2.57. The summed E-state index contributed by atoms with van der Waals surface area (Å²) in [6.07, 6.45) is -2.91. The quantitative estimate of drug-likeness (QED) is 0.865. The van der Waals surface area contributed by atoms with Crippen LogP contribution < -0.4 is 5.32 Å². The lowest BCUT2D eigenvalue weighted by molar-refractivity contribution is -0.137. The van der Waals surface area contributed by atoms with Crippen LogP contribution in [0.3, 0.4) is 0 Å². The molecule has 0 saturated carbocycles. The Bertz CT molecular complexity index is 563. The molecule has 0 aliphatic carbocycles. The Morgan fingerprint density at radius 3 is 2.61 bits per heavy atom. The van der Waals surface area contributed by atoms with Crippen LogP contribution in [0.1, 0.15) is 11.3 Å². The predicted octanol–water partition coefficient (Wildman–Crippen LogP) is 4.13. The molecule has 2 N–H and O–H groups in total. The minimum atomic E-state index is -4.48. The second-order valence-corrected chi connectivity index (χ2v) is 4.14. The minimum absolute atomic E-state index is 0.265. The summed E-state index contributed by atoms with van der Waals surface area (Å²) in [5.41, 5.74) is 0.195. The molecule has 0 unspecified atom stereocenters. The number of hydrogen-bond donors (Lipinski definition) is 2. The fourth-order valence-corrected chi connectivity index (χ4v) is 1.66. The zero-order valence-corrected chi connectivity index (χ0v) is 10.0. The lowest BCUT2D eigenvalue weighted by Crippen LogP contribution is -2.06. The molecule has 0 bridgehead atoms. The van der Waals surface area contributed by atoms with Crippen LogP contribution in [0.4, 0.5) is 24.8 Å². The van der Waals surface area contributed by atoms with Crippen molar-refractivity contribution in [2.75, 3.05) is 5.32 Å². The molecule has 0 radical (unpaired) electrons.